The van der Waals surface area contributed by atoms with Crippen LogP contribution in [0.1, 0.15) is 0 Å². The lowest BCUT2D eigenvalue weighted by Crippen LogP contribution is -1.96. The van der Waals surface area contributed by atoms with Crippen LogP contribution in [0.3, 0.4) is 0 Å². The number of hydrogen-bond donors (Lipinski definition) is 0. The second-order valence-electron chi connectivity index (χ2n) is 7.02. The van der Waals surface area contributed by atoms with E-state index in [0.717, 1.165) is 45.0 Å². The molecule has 2 aromatic heterocycles. The van der Waals surface area contributed by atoms with Crippen LogP contribution in [0, 0.1) is 0 Å². The maximum Gasteiger partial charge on any atom is 0.160 e. The number of hydrogen-bond acceptors (Lipinski definition) is 3. The normalized spacial score (nSPS) is 10.7. The first-order valence-corrected chi connectivity index (χ1v) is 9.87. The Morgan fingerprint density at radius 2 is 1.03 bits per heavy atom. The van der Waals surface area contributed by atoms with Gasteiger partial charge >= 0.3 is 0 Å². The van der Waals surface area contributed by atoms with E-state index in [0.29, 0.717) is 0 Å². The molecule has 5 rings (SSSR count). The summed E-state index contributed by atoms with van der Waals surface area (Å²) in [5, 5.41) is 0. The molecule has 3 aromatic carbocycles. The van der Waals surface area contributed by atoms with E-state index in [1.807, 2.05) is 60.8 Å². The maximum absolute atomic E-state index is 4.91. The van der Waals surface area contributed by atoms with Crippen LogP contribution in [-0.4, -0.2) is 15.0 Å². The summed E-state index contributed by atoms with van der Waals surface area (Å²) in [4.78, 5) is 14.0. The van der Waals surface area contributed by atoms with Gasteiger partial charge in [0, 0.05) is 34.6 Å². The van der Waals surface area contributed by atoms with Gasteiger partial charge in [-0.25, -0.2) is 9.97 Å². The fourth-order valence-corrected chi connectivity index (χ4v) is 3.46. The lowest BCUT2D eigenvalue weighted by atomic mass is 10.0. The van der Waals surface area contributed by atoms with Crippen molar-refractivity contribution in [2.24, 2.45) is 0 Å². The molecule has 0 bridgehead atoms. The van der Waals surface area contributed by atoms with Crippen molar-refractivity contribution in [2.75, 3.05) is 0 Å². The van der Waals surface area contributed by atoms with Crippen molar-refractivity contribution < 1.29 is 0 Å². The Morgan fingerprint density at radius 1 is 0.433 bits per heavy atom. The van der Waals surface area contributed by atoms with Gasteiger partial charge in [-0.05, 0) is 23.8 Å². The van der Waals surface area contributed by atoms with Crippen LogP contribution in [-0.2, 0) is 0 Å². The van der Waals surface area contributed by atoms with Gasteiger partial charge in [-0.1, -0.05) is 84.9 Å². The molecule has 5 aromatic rings. The quantitative estimate of drug-likeness (QED) is 0.352. The second-order valence-corrected chi connectivity index (χ2v) is 7.02. The van der Waals surface area contributed by atoms with Crippen molar-refractivity contribution in [3.05, 3.63) is 116 Å². The van der Waals surface area contributed by atoms with E-state index in [2.05, 4.69) is 53.5 Å². The summed E-state index contributed by atoms with van der Waals surface area (Å²) >= 11 is 0. The molecule has 3 nitrogen and oxygen atoms in total. The average molecular weight is 385 g/mol. The zero-order chi connectivity index (χ0) is 20.2. The fourth-order valence-electron chi connectivity index (χ4n) is 3.46. The molecule has 2 heterocycles. The van der Waals surface area contributed by atoms with Crippen LogP contribution in [0.15, 0.2) is 116 Å². The third-order valence-electron chi connectivity index (χ3n) is 4.98. The van der Waals surface area contributed by atoms with Crippen LogP contribution in [0.4, 0.5) is 0 Å². The Labute approximate surface area is 175 Å². The molecule has 0 N–H and O–H groups in total. The van der Waals surface area contributed by atoms with Crippen LogP contribution in [0.25, 0.3) is 45.0 Å². The summed E-state index contributed by atoms with van der Waals surface area (Å²) in [6.07, 6.45) is 3.67. The summed E-state index contributed by atoms with van der Waals surface area (Å²) in [5.74, 6) is 0.721. The molecule has 0 unspecified atom stereocenters. The highest BCUT2D eigenvalue weighted by Gasteiger charge is 2.11. The van der Waals surface area contributed by atoms with Crippen LogP contribution < -0.4 is 0 Å². The molecule has 0 spiro atoms. The Balaban J connectivity index is 1.67. The monoisotopic (exact) mass is 385 g/mol. The highest BCUT2D eigenvalue weighted by molar-refractivity contribution is 5.75. The van der Waals surface area contributed by atoms with E-state index in [1.54, 1.807) is 6.20 Å². The van der Waals surface area contributed by atoms with E-state index < -0.39 is 0 Å². The van der Waals surface area contributed by atoms with Gasteiger partial charge in [-0.15, -0.1) is 0 Å². The molecule has 0 amide bonds. The Hall–Kier alpha value is -4.11. The van der Waals surface area contributed by atoms with E-state index in [-0.39, 0.29) is 0 Å². The van der Waals surface area contributed by atoms with Gasteiger partial charge in [-0.3, -0.25) is 4.98 Å². The molecule has 0 atom stereocenters. The minimum atomic E-state index is 0.721. The van der Waals surface area contributed by atoms with Gasteiger partial charge in [0.05, 0.1) is 11.4 Å². The number of benzene rings is 3. The third-order valence-corrected chi connectivity index (χ3v) is 4.98. The van der Waals surface area contributed by atoms with Crippen molar-refractivity contribution in [3.8, 4) is 45.0 Å². The largest absolute Gasteiger partial charge is 0.264 e. The first-order valence-electron chi connectivity index (χ1n) is 9.87. The molecule has 0 saturated carbocycles. The topological polar surface area (TPSA) is 38.7 Å². The van der Waals surface area contributed by atoms with Crippen molar-refractivity contribution in [2.45, 2.75) is 0 Å². The maximum atomic E-state index is 4.91. The van der Waals surface area contributed by atoms with E-state index in [9.17, 15) is 0 Å². The molecule has 142 valence electrons. The van der Waals surface area contributed by atoms with Crippen LogP contribution in [0.5, 0.6) is 0 Å². The van der Waals surface area contributed by atoms with Crippen molar-refractivity contribution >= 4 is 0 Å². The Morgan fingerprint density at radius 3 is 1.73 bits per heavy atom. The smallest absolute Gasteiger partial charge is 0.160 e. The van der Waals surface area contributed by atoms with Gasteiger partial charge in [0.2, 0.25) is 0 Å². The molecule has 3 heteroatoms. The van der Waals surface area contributed by atoms with Crippen LogP contribution in [0.2, 0.25) is 0 Å². The summed E-state index contributed by atoms with van der Waals surface area (Å²) < 4.78 is 0. The first kappa shape index (κ1) is 18.0. The predicted octanol–water partition coefficient (Wildman–Crippen LogP) is 6.54. The van der Waals surface area contributed by atoms with E-state index in [4.69, 9.17) is 9.97 Å². The Kier molecular flexibility index (Phi) is 4.84. The SMILES string of the molecule is c1ccc(-c2cc(-c3cccc(-c4cccnc4)c3)nc(-c3ccccc3)n2)cc1. The molecule has 0 aliphatic heterocycles. The third kappa shape index (κ3) is 3.74. The minimum Gasteiger partial charge on any atom is -0.264 e. The first-order chi connectivity index (χ1) is 14.9. The number of nitrogens with zero attached hydrogens (tertiary/aromatic N) is 3. The standard InChI is InChI=1S/C27H19N3/c1-3-9-20(10-4-1)25-18-26(30-27(29-25)21-11-5-2-6-12-21)23-14-7-13-22(17-23)24-15-8-16-28-19-24/h1-19H. The van der Waals surface area contributed by atoms with Gasteiger partial charge in [0.15, 0.2) is 5.82 Å². The van der Waals surface area contributed by atoms with Gasteiger partial charge < -0.3 is 0 Å². The number of pyridine rings is 1. The summed E-state index contributed by atoms with van der Waals surface area (Å²) in [7, 11) is 0. The minimum absolute atomic E-state index is 0.721. The lowest BCUT2D eigenvalue weighted by molar-refractivity contribution is 1.18. The van der Waals surface area contributed by atoms with Gasteiger partial charge in [-0.2, -0.15) is 0 Å². The molecule has 0 saturated heterocycles. The molecule has 0 aliphatic carbocycles. The number of aromatic nitrogens is 3. The summed E-state index contributed by atoms with van der Waals surface area (Å²) in [6, 6.07) is 34.8. The highest BCUT2D eigenvalue weighted by atomic mass is 14.9. The fraction of sp³-hybridized carbons (Fsp3) is 0. The van der Waals surface area contributed by atoms with E-state index in [1.165, 1.54) is 0 Å². The predicted molar refractivity (Wildman–Crippen MR) is 122 cm³/mol. The molecule has 0 fully saturated rings. The van der Waals surface area contributed by atoms with E-state index >= 15 is 0 Å². The molecule has 0 aliphatic rings. The second kappa shape index (κ2) is 8.10. The zero-order valence-electron chi connectivity index (χ0n) is 16.3. The summed E-state index contributed by atoms with van der Waals surface area (Å²) in [5.41, 5.74) is 7.12. The van der Waals surface area contributed by atoms with Crippen molar-refractivity contribution in [1.29, 1.82) is 0 Å². The van der Waals surface area contributed by atoms with Gasteiger partial charge in [0.25, 0.3) is 0 Å². The molecular formula is C27H19N3. The molecule has 0 radical (unpaired) electrons. The lowest BCUT2D eigenvalue weighted by Gasteiger charge is -2.10. The van der Waals surface area contributed by atoms with Crippen LogP contribution >= 0.6 is 0 Å². The van der Waals surface area contributed by atoms with Crippen molar-refractivity contribution in [1.82, 2.24) is 15.0 Å². The zero-order valence-corrected chi connectivity index (χ0v) is 16.3. The molecular weight excluding hydrogens is 366 g/mol. The Bertz CT molecular complexity index is 1210. The summed E-state index contributed by atoms with van der Waals surface area (Å²) in [6.45, 7) is 0. The number of rotatable bonds is 4. The van der Waals surface area contributed by atoms with Crippen molar-refractivity contribution in [3.63, 3.8) is 0 Å². The van der Waals surface area contributed by atoms with Gasteiger partial charge in [0.1, 0.15) is 0 Å². The molecule has 30 heavy (non-hydrogen) atoms. The highest BCUT2D eigenvalue weighted by Crippen LogP contribution is 2.29. The average Bonchev–Trinajstić information content (AvgIpc) is 2.85.